The van der Waals surface area contributed by atoms with Crippen molar-refractivity contribution in [3.63, 3.8) is 0 Å². The average molecular weight is 570 g/mol. The van der Waals surface area contributed by atoms with Crippen molar-refractivity contribution in [3.8, 4) is 11.5 Å². The van der Waals surface area contributed by atoms with Crippen LogP contribution in [0.5, 0.6) is 11.5 Å². The van der Waals surface area contributed by atoms with Crippen molar-refractivity contribution in [1.82, 2.24) is 0 Å². The molecule has 1 aliphatic heterocycles. The zero-order valence-electron chi connectivity index (χ0n) is 22.5. The molecular weight excluding hydrogens is 527 g/mol. The topological polar surface area (TPSA) is 79.7 Å². The summed E-state index contributed by atoms with van der Waals surface area (Å²) in [5, 5.41) is 1.01. The first-order valence-electron chi connectivity index (χ1n) is 13.0. The summed E-state index contributed by atoms with van der Waals surface area (Å²) < 4.78 is 20.9. The van der Waals surface area contributed by atoms with E-state index in [0.29, 0.717) is 32.9 Å². The van der Waals surface area contributed by atoms with E-state index in [4.69, 9.17) is 48.6 Å². The van der Waals surface area contributed by atoms with Crippen LogP contribution in [-0.2, 0) is 4.43 Å². The van der Waals surface area contributed by atoms with Crippen molar-refractivity contribution >= 4 is 50.0 Å². The zero-order valence-corrected chi connectivity index (χ0v) is 26.0. The van der Waals surface area contributed by atoms with E-state index in [1.807, 2.05) is 24.3 Å². The van der Waals surface area contributed by atoms with E-state index in [2.05, 4.69) is 40.0 Å². The molecule has 2 aromatic rings. The van der Waals surface area contributed by atoms with Crippen molar-refractivity contribution in [3.05, 3.63) is 46.4 Å². The molecule has 2 aromatic carbocycles. The molecule has 0 saturated carbocycles. The summed E-state index contributed by atoms with van der Waals surface area (Å²) in [6.45, 7) is 14.0. The van der Waals surface area contributed by atoms with E-state index in [1.165, 1.54) is 0 Å². The second-order valence-corrected chi connectivity index (χ2v) is 27.1. The second kappa shape index (κ2) is 11.6. The van der Waals surface area contributed by atoms with Crippen LogP contribution >= 0.6 is 23.2 Å². The molecule has 0 aromatic heterocycles. The summed E-state index contributed by atoms with van der Waals surface area (Å²) in [7, 11) is -3.59. The lowest BCUT2D eigenvalue weighted by atomic mass is 9.82. The van der Waals surface area contributed by atoms with Crippen LogP contribution in [0.3, 0.4) is 0 Å². The van der Waals surface area contributed by atoms with E-state index in [0.717, 1.165) is 38.1 Å². The summed E-state index contributed by atoms with van der Waals surface area (Å²) >= 11 is 13.1. The van der Waals surface area contributed by atoms with Gasteiger partial charge in [-0.2, -0.15) is 0 Å². The van der Waals surface area contributed by atoms with E-state index < -0.39 is 21.0 Å². The lowest BCUT2D eigenvalue weighted by Crippen LogP contribution is -2.72. The maximum atomic E-state index is 7.39. The number of ether oxygens (including phenoxy) is 2. The average Bonchev–Trinajstić information content (AvgIpc) is 2.78. The Morgan fingerprint density at radius 2 is 1.31 bits per heavy atom. The van der Waals surface area contributed by atoms with E-state index in [9.17, 15) is 0 Å². The van der Waals surface area contributed by atoms with Gasteiger partial charge in [0.1, 0.15) is 29.3 Å². The van der Waals surface area contributed by atoms with Gasteiger partial charge >= 0.3 is 0 Å². The van der Waals surface area contributed by atoms with Gasteiger partial charge in [-0.15, -0.1) is 0 Å². The van der Waals surface area contributed by atoms with Crippen LogP contribution in [0, 0.1) is 0 Å². The minimum atomic E-state index is -2.04. The van der Waals surface area contributed by atoms with Crippen LogP contribution in [0.2, 0.25) is 42.3 Å². The third-order valence-electron chi connectivity index (χ3n) is 7.86. The van der Waals surface area contributed by atoms with Gasteiger partial charge < -0.3 is 25.4 Å². The van der Waals surface area contributed by atoms with Crippen LogP contribution < -0.4 is 20.9 Å². The molecule has 4 N–H and O–H groups in total. The standard InChI is InChI=1S/C27H42Cl2N2O3Si2/c1-7-9-25(32-23-13-11-19(30)17-21(23)28)27(15-16-35(3,4)36(5,6)34-27)26(10-8-2)33-24-14-12-20(31)18-22(24)29/h11-14,17-18,25-26H,7-10,15-16,30-31H2,1-6H3. The molecular formula is C27H42Cl2N2O3Si2. The quantitative estimate of drug-likeness (QED) is 0.223. The maximum absolute atomic E-state index is 7.39. The van der Waals surface area contributed by atoms with Crippen molar-refractivity contribution in [2.75, 3.05) is 11.5 Å². The third kappa shape index (κ3) is 6.18. The Morgan fingerprint density at radius 1 is 0.861 bits per heavy atom. The molecule has 2 unspecified atom stereocenters. The van der Waals surface area contributed by atoms with E-state index in [1.54, 1.807) is 12.1 Å². The van der Waals surface area contributed by atoms with Crippen LogP contribution in [0.25, 0.3) is 0 Å². The van der Waals surface area contributed by atoms with Gasteiger partial charge in [0.05, 0.1) is 17.6 Å². The molecule has 0 bridgehead atoms. The Balaban J connectivity index is 2.12. The molecule has 2 atom stereocenters. The molecule has 200 valence electrons. The molecule has 1 saturated heterocycles. The van der Waals surface area contributed by atoms with E-state index >= 15 is 0 Å². The highest BCUT2D eigenvalue weighted by molar-refractivity contribution is 7.38. The van der Waals surface area contributed by atoms with Crippen molar-refractivity contribution in [2.24, 2.45) is 0 Å². The summed E-state index contributed by atoms with van der Waals surface area (Å²) in [5.74, 6) is 1.24. The monoisotopic (exact) mass is 568 g/mol. The molecule has 0 spiro atoms. The maximum Gasteiger partial charge on any atom is 0.175 e. The van der Waals surface area contributed by atoms with Crippen molar-refractivity contribution in [2.45, 2.75) is 96.0 Å². The lowest BCUT2D eigenvalue weighted by Gasteiger charge is -2.56. The third-order valence-corrected chi connectivity index (χ3v) is 24.9. The van der Waals surface area contributed by atoms with Crippen LogP contribution in [-0.4, -0.2) is 33.2 Å². The summed E-state index contributed by atoms with van der Waals surface area (Å²) in [6, 6.07) is 12.0. The second-order valence-electron chi connectivity index (χ2n) is 11.1. The fourth-order valence-corrected chi connectivity index (χ4v) is 12.3. The molecule has 9 heteroatoms. The highest BCUT2D eigenvalue weighted by Crippen LogP contribution is 2.47. The van der Waals surface area contributed by atoms with Crippen LogP contribution in [0.15, 0.2) is 36.4 Å². The molecule has 0 radical (unpaired) electrons. The number of halogens is 2. The highest BCUT2D eigenvalue weighted by Gasteiger charge is 2.60. The van der Waals surface area contributed by atoms with Gasteiger partial charge in [0.25, 0.3) is 0 Å². The molecule has 36 heavy (non-hydrogen) atoms. The smallest absolute Gasteiger partial charge is 0.175 e. The number of hydrogen-bond acceptors (Lipinski definition) is 5. The van der Waals surface area contributed by atoms with Gasteiger partial charge in [-0.25, -0.2) is 0 Å². The van der Waals surface area contributed by atoms with Gasteiger partial charge in [-0.3, -0.25) is 0 Å². The molecule has 0 amide bonds. The Morgan fingerprint density at radius 3 is 1.67 bits per heavy atom. The predicted octanol–water partition coefficient (Wildman–Crippen LogP) is 8.10. The molecule has 1 aliphatic rings. The Hall–Kier alpha value is -1.39. The van der Waals surface area contributed by atoms with Crippen molar-refractivity contribution in [1.29, 1.82) is 0 Å². The summed E-state index contributed by atoms with van der Waals surface area (Å²) in [5.41, 5.74) is 12.5. The molecule has 5 nitrogen and oxygen atoms in total. The molecule has 1 fully saturated rings. The molecule has 0 aliphatic carbocycles. The predicted molar refractivity (Wildman–Crippen MR) is 159 cm³/mol. The fourth-order valence-electron chi connectivity index (χ4n) is 5.00. The number of anilines is 2. The highest BCUT2D eigenvalue weighted by atomic mass is 35.5. The van der Waals surface area contributed by atoms with Gasteiger partial charge in [0.2, 0.25) is 0 Å². The first-order chi connectivity index (χ1) is 16.8. The number of nitrogens with two attached hydrogens (primary N) is 2. The number of nitrogen functional groups attached to an aromatic ring is 2. The van der Waals surface area contributed by atoms with Gasteiger partial charge in [-0.05, 0) is 68.8 Å². The minimum absolute atomic E-state index is 0.246. The molecule has 3 rings (SSSR count). The first kappa shape index (κ1) is 29.2. The van der Waals surface area contributed by atoms with Crippen molar-refractivity contribution < 1.29 is 13.9 Å². The first-order valence-corrected chi connectivity index (χ1v) is 20.9. The fraction of sp³-hybridized carbons (Fsp3) is 0.556. The Kier molecular flexibility index (Phi) is 9.37. The SMILES string of the molecule is CCCC(Oc1ccc(N)cc1Cl)C1(C(CCC)Oc2ccc(N)cc2Cl)CC[Si](C)(C)[Si](C)(C)O1. The zero-order chi connectivity index (χ0) is 26.7. The van der Waals surface area contributed by atoms with Crippen LogP contribution in [0.1, 0.15) is 46.0 Å². The number of rotatable bonds is 10. The minimum Gasteiger partial charge on any atom is -0.486 e. The van der Waals surface area contributed by atoms with E-state index in [-0.39, 0.29) is 12.2 Å². The Labute approximate surface area is 228 Å². The summed E-state index contributed by atoms with van der Waals surface area (Å²) in [6.07, 6.45) is 3.88. The Bertz CT molecular complexity index is 988. The largest absolute Gasteiger partial charge is 0.486 e. The van der Waals surface area contributed by atoms with Gasteiger partial charge in [-0.1, -0.05) is 69.0 Å². The lowest BCUT2D eigenvalue weighted by molar-refractivity contribution is -0.123. The summed E-state index contributed by atoms with van der Waals surface area (Å²) in [4.78, 5) is 0. The molecule has 1 heterocycles. The number of hydrogen-bond donors (Lipinski definition) is 2. The van der Waals surface area contributed by atoms with Crippen LogP contribution in [0.4, 0.5) is 11.4 Å². The van der Waals surface area contributed by atoms with Gasteiger partial charge in [0, 0.05) is 11.4 Å². The van der Waals surface area contributed by atoms with Gasteiger partial charge in [0.15, 0.2) is 7.83 Å². The normalized spacial score (nSPS) is 22.6. The number of benzene rings is 2.